The van der Waals surface area contributed by atoms with E-state index < -0.39 is 0 Å². The molecule has 5 rings (SSSR count). The van der Waals surface area contributed by atoms with Crippen LogP contribution in [0.4, 0.5) is 11.6 Å². The van der Waals surface area contributed by atoms with E-state index in [4.69, 9.17) is 0 Å². The summed E-state index contributed by atoms with van der Waals surface area (Å²) in [6.45, 7) is 1.64. The second-order valence-electron chi connectivity index (χ2n) is 8.86. The van der Waals surface area contributed by atoms with Gasteiger partial charge in [0.1, 0.15) is 6.04 Å². The van der Waals surface area contributed by atoms with Crippen LogP contribution in [0.3, 0.4) is 0 Å². The van der Waals surface area contributed by atoms with Gasteiger partial charge in [0.05, 0.1) is 18.0 Å². The van der Waals surface area contributed by atoms with Crippen molar-refractivity contribution in [1.29, 1.82) is 5.26 Å². The molecule has 0 spiro atoms. The molecule has 8 heteroatoms. The van der Waals surface area contributed by atoms with Crippen molar-refractivity contribution < 1.29 is 4.79 Å². The summed E-state index contributed by atoms with van der Waals surface area (Å²) in [4.78, 5) is 23.3. The van der Waals surface area contributed by atoms with Crippen molar-refractivity contribution in [1.82, 2.24) is 24.6 Å². The number of benzene rings is 1. The van der Waals surface area contributed by atoms with Gasteiger partial charge in [-0.25, -0.2) is 9.97 Å². The first-order chi connectivity index (χ1) is 16.2. The van der Waals surface area contributed by atoms with Crippen molar-refractivity contribution in [3.05, 3.63) is 54.5 Å². The third-order valence-corrected chi connectivity index (χ3v) is 6.56. The summed E-state index contributed by atoms with van der Waals surface area (Å²) in [6.07, 6.45) is 12.2. The Morgan fingerprint density at radius 1 is 1.21 bits per heavy atom. The lowest BCUT2D eigenvalue weighted by atomic mass is 9.99. The summed E-state index contributed by atoms with van der Waals surface area (Å²) in [5, 5.41) is 17.3. The van der Waals surface area contributed by atoms with Gasteiger partial charge in [-0.2, -0.15) is 10.4 Å². The number of anilines is 2. The molecule has 33 heavy (non-hydrogen) atoms. The minimum Gasteiger partial charge on any atom is -0.339 e. The summed E-state index contributed by atoms with van der Waals surface area (Å²) < 4.78 is 1.76. The zero-order valence-electron chi connectivity index (χ0n) is 18.5. The van der Waals surface area contributed by atoms with Crippen LogP contribution in [0.15, 0.2) is 48.9 Å². The number of hydrogen-bond acceptors (Lipinski definition) is 6. The summed E-state index contributed by atoms with van der Waals surface area (Å²) in [5.41, 5.74) is 2.98. The molecule has 1 aromatic carbocycles. The first kappa shape index (κ1) is 21.1. The molecule has 1 atom stereocenters. The quantitative estimate of drug-likeness (QED) is 0.576. The van der Waals surface area contributed by atoms with Crippen molar-refractivity contribution in [2.45, 2.75) is 44.6 Å². The fraction of sp³-hybridized carbons (Fsp3) is 0.400. The topological polar surface area (TPSA) is 99.7 Å². The maximum atomic E-state index is 12.5. The predicted molar refractivity (Wildman–Crippen MR) is 125 cm³/mol. The molecule has 0 bridgehead atoms. The number of carbonyl (C=O) groups excluding carboxylic acids is 1. The lowest BCUT2D eigenvalue weighted by Gasteiger charge is -2.31. The molecule has 168 valence electrons. The van der Waals surface area contributed by atoms with E-state index in [9.17, 15) is 10.1 Å². The summed E-state index contributed by atoms with van der Waals surface area (Å²) in [7, 11) is 0. The molecule has 2 fully saturated rings. The van der Waals surface area contributed by atoms with Crippen LogP contribution in [0.2, 0.25) is 0 Å². The monoisotopic (exact) mass is 441 g/mol. The third kappa shape index (κ3) is 4.72. The fourth-order valence-electron chi connectivity index (χ4n) is 4.56. The smallest absolute Gasteiger partial charge is 0.253 e. The Kier molecular flexibility index (Phi) is 6.03. The van der Waals surface area contributed by atoms with Gasteiger partial charge in [0.25, 0.3) is 5.91 Å². The zero-order valence-corrected chi connectivity index (χ0v) is 18.5. The number of aromatic nitrogens is 4. The lowest BCUT2D eigenvalue weighted by Crippen LogP contribution is -2.42. The largest absolute Gasteiger partial charge is 0.339 e. The predicted octanol–water partition coefficient (Wildman–Crippen LogP) is 4.57. The zero-order chi connectivity index (χ0) is 22.6. The van der Waals surface area contributed by atoms with E-state index in [0.717, 1.165) is 42.9 Å². The summed E-state index contributed by atoms with van der Waals surface area (Å²) in [6, 6.07) is 11.4. The van der Waals surface area contributed by atoms with Gasteiger partial charge in [-0.05, 0) is 43.0 Å². The third-order valence-electron chi connectivity index (χ3n) is 6.56. The molecule has 8 nitrogen and oxygen atoms in total. The van der Waals surface area contributed by atoms with Gasteiger partial charge in [-0.1, -0.05) is 31.7 Å². The average Bonchev–Trinajstić information content (AvgIpc) is 3.49. The van der Waals surface area contributed by atoms with E-state index in [2.05, 4.69) is 26.5 Å². The standard InChI is InChI=1S/C25H27N7O/c26-15-22(13-18-5-1-2-6-18)32-17-20(16-28-32)23-9-10-27-25(30-23)29-21-8-3-7-19(14-21)24(33)31-11-4-12-31/h3,7-10,14,16-18,22H,1-2,4-6,11-13H2,(H,27,29,30). The van der Waals surface area contributed by atoms with Crippen LogP contribution in [0, 0.1) is 17.2 Å². The van der Waals surface area contributed by atoms with Crippen molar-refractivity contribution in [2.24, 2.45) is 5.92 Å². The van der Waals surface area contributed by atoms with Crippen molar-refractivity contribution in [3.63, 3.8) is 0 Å². The Hall–Kier alpha value is -3.73. The van der Waals surface area contributed by atoms with Gasteiger partial charge in [0.15, 0.2) is 0 Å². The van der Waals surface area contributed by atoms with Crippen LogP contribution in [-0.4, -0.2) is 43.6 Å². The van der Waals surface area contributed by atoms with Gasteiger partial charge in [0, 0.05) is 42.3 Å². The molecule has 1 saturated heterocycles. The van der Waals surface area contributed by atoms with Gasteiger partial charge in [-0.15, -0.1) is 0 Å². The number of likely N-dealkylation sites (tertiary alicyclic amines) is 1. The molecular formula is C25H27N7O. The maximum Gasteiger partial charge on any atom is 0.253 e. The van der Waals surface area contributed by atoms with E-state index >= 15 is 0 Å². The van der Waals surface area contributed by atoms with Gasteiger partial charge in [-0.3, -0.25) is 9.48 Å². The molecule has 2 aliphatic rings. The highest BCUT2D eigenvalue weighted by atomic mass is 16.2. The molecule has 2 aromatic heterocycles. The molecule has 1 saturated carbocycles. The van der Waals surface area contributed by atoms with Crippen LogP contribution in [-0.2, 0) is 0 Å². The molecular weight excluding hydrogens is 414 g/mol. The van der Waals surface area contributed by atoms with E-state index in [1.807, 2.05) is 41.4 Å². The normalized spacial score (nSPS) is 16.8. The van der Waals surface area contributed by atoms with Crippen LogP contribution in [0.5, 0.6) is 0 Å². The Balaban J connectivity index is 1.30. The van der Waals surface area contributed by atoms with E-state index in [1.54, 1.807) is 17.1 Å². The summed E-state index contributed by atoms with van der Waals surface area (Å²) >= 11 is 0. The number of nitrogens with zero attached hydrogens (tertiary/aromatic N) is 6. The Morgan fingerprint density at radius 2 is 2.06 bits per heavy atom. The van der Waals surface area contributed by atoms with Gasteiger partial charge >= 0.3 is 0 Å². The minimum atomic E-state index is -0.257. The van der Waals surface area contributed by atoms with Gasteiger partial charge < -0.3 is 10.2 Å². The summed E-state index contributed by atoms with van der Waals surface area (Å²) in [5.74, 6) is 1.11. The van der Waals surface area contributed by atoms with E-state index in [-0.39, 0.29) is 11.9 Å². The first-order valence-corrected chi connectivity index (χ1v) is 11.6. The van der Waals surface area contributed by atoms with Crippen LogP contribution < -0.4 is 5.32 Å². The molecule has 3 heterocycles. The molecule has 1 N–H and O–H groups in total. The second kappa shape index (κ2) is 9.41. The highest BCUT2D eigenvalue weighted by Crippen LogP contribution is 2.32. The molecule has 3 aromatic rings. The molecule has 1 amide bonds. The molecule has 1 aliphatic heterocycles. The van der Waals surface area contributed by atoms with Crippen molar-refractivity contribution in [2.75, 3.05) is 18.4 Å². The minimum absolute atomic E-state index is 0.0524. The lowest BCUT2D eigenvalue weighted by molar-refractivity contribution is 0.0652. The Bertz CT molecular complexity index is 1170. The highest BCUT2D eigenvalue weighted by Gasteiger charge is 2.23. The van der Waals surface area contributed by atoms with Crippen LogP contribution >= 0.6 is 0 Å². The molecule has 1 aliphatic carbocycles. The van der Waals surface area contributed by atoms with Crippen LogP contribution in [0.1, 0.15) is 54.9 Å². The van der Waals surface area contributed by atoms with E-state index in [1.165, 1.54) is 25.7 Å². The van der Waals surface area contributed by atoms with E-state index in [0.29, 0.717) is 17.4 Å². The van der Waals surface area contributed by atoms with Crippen LogP contribution in [0.25, 0.3) is 11.3 Å². The number of hydrogen-bond donors (Lipinski definition) is 1. The highest BCUT2D eigenvalue weighted by molar-refractivity contribution is 5.95. The Morgan fingerprint density at radius 3 is 2.82 bits per heavy atom. The number of carbonyl (C=O) groups is 1. The number of rotatable bonds is 7. The van der Waals surface area contributed by atoms with Crippen molar-refractivity contribution in [3.8, 4) is 17.3 Å². The number of nitriles is 1. The SMILES string of the molecule is N#CC(CC1CCCC1)n1cc(-c2ccnc(Nc3cccc(C(=O)N4CCC4)c3)n2)cn1. The fourth-order valence-corrected chi connectivity index (χ4v) is 4.56. The number of amides is 1. The second-order valence-corrected chi connectivity index (χ2v) is 8.86. The Labute approximate surface area is 193 Å². The maximum absolute atomic E-state index is 12.5. The van der Waals surface area contributed by atoms with Gasteiger partial charge in [0.2, 0.25) is 5.95 Å². The molecule has 1 unspecified atom stereocenters. The number of nitrogens with one attached hydrogen (secondary N) is 1. The average molecular weight is 442 g/mol. The van der Waals surface area contributed by atoms with Crippen molar-refractivity contribution >= 4 is 17.5 Å². The first-order valence-electron chi connectivity index (χ1n) is 11.6. The molecule has 0 radical (unpaired) electrons.